The van der Waals surface area contributed by atoms with Gasteiger partial charge in [0.25, 0.3) is 0 Å². The van der Waals surface area contributed by atoms with Gasteiger partial charge in [-0.05, 0) is 58.8 Å². The molecule has 104 valence electrons. The highest BCUT2D eigenvalue weighted by Gasteiger charge is 2.24. The van der Waals surface area contributed by atoms with E-state index in [4.69, 9.17) is 9.94 Å². The van der Waals surface area contributed by atoms with Crippen LogP contribution < -0.4 is 5.32 Å². The lowest BCUT2D eigenvalue weighted by Gasteiger charge is -2.29. The average Bonchev–Trinajstić information content (AvgIpc) is 2.25. The monoisotopic (exact) mass is 256 g/mol. The number of carbonyl (C=O) groups is 1. The SMILES string of the molecule is CC(C)(C)OC(=O)NC1CCC(CC=NO)CC1. The fourth-order valence-corrected chi connectivity index (χ4v) is 2.21. The molecule has 0 heterocycles. The summed E-state index contributed by atoms with van der Waals surface area (Å²) >= 11 is 0. The first-order chi connectivity index (χ1) is 8.40. The molecule has 5 heteroatoms. The predicted molar refractivity (Wildman–Crippen MR) is 70.0 cm³/mol. The minimum Gasteiger partial charge on any atom is -0.444 e. The molecule has 1 saturated carbocycles. The molecule has 1 fully saturated rings. The van der Waals surface area contributed by atoms with E-state index in [1.54, 1.807) is 6.21 Å². The van der Waals surface area contributed by atoms with Gasteiger partial charge in [0.1, 0.15) is 5.60 Å². The Labute approximate surface area is 109 Å². The number of carbonyl (C=O) groups excluding carboxylic acids is 1. The zero-order chi connectivity index (χ0) is 13.6. The first-order valence-corrected chi connectivity index (χ1v) is 6.56. The minimum atomic E-state index is -0.446. The molecule has 0 bridgehead atoms. The second-order valence-electron chi connectivity index (χ2n) is 5.90. The smallest absolute Gasteiger partial charge is 0.407 e. The zero-order valence-corrected chi connectivity index (χ0v) is 11.5. The van der Waals surface area contributed by atoms with Crippen molar-refractivity contribution in [2.75, 3.05) is 0 Å². The van der Waals surface area contributed by atoms with Crippen LogP contribution in [-0.2, 0) is 4.74 Å². The molecule has 5 nitrogen and oxygen atoms in total. The van der Waals surface area contributed by atoms with Gasteiger partial charge >= 0.3 is 6.09 Å². The number of hydrogen-bond donors (Lipinski definition) is 2. The van der Waals surface area contributed by atoms with Crippen LogP contribution in [-0.4, -0.2) is 29.2 Å². The van der Waals surface area contributed by atoms with E-state index in [-0.39, 0.29) is 12.1 Å². The van der Waals surface area contributed by atoms with Gasteiger partial charge < -0.3 is 15.3 Å². The molecule has 0 aromatic rings. The molecule has 1 aliphatic rings. The maximum atomic E-state index is 11.6. The Kier molecular flexibility index (Phi) is 5.44. The number of hydrogen-bond acceptors (Lipinski definition) is 4. The van der Waals surface area contributed by atoms with Gasteiger partial charge in [-0.15, -0.1) is 5.16 Å². The Bertz CT molecular complexity index is 289. The van der Waals surface area contributed by atoms with Crippen LogP contribution in [0.2, 0.25) is 0 Å². The lowest BCUT2D eigenvalue weighted by Crippen LogP contribution is -2.40. The van der Waals surface area contributed by atoms with Crippen LogP contribution in [0.5, 0.6) is 0 Å². The number of nitrogens with one attached hydrogen (secondary N) is 1. The van der Waals surface area contributed by atoms with E-state index in [2.05, 4.69) is 10.5 Å². The van der Waals surface area contributed by atoms with Gasteiger partial charge in [0.15, 0.2) is 0 Å². The Hall–Kier alpha value is -1.26. The van der Waals surface area contributed by atoms with Crippen molar-refractivity contribution in [3.63, 3.8) is 0 Å². The summed E-state index contributed by atoms with van der Waals surface area (Å²) in [5.41, 5.74) is -0.446. The van der Waals surface area contributed by atoms with Crippen molar-refractivity contribution in [2.24, 2.45) is 11.1 Å². The first-order valence-electron chi connectivity index (χ1n) is 6.56. The lowest BCUT2D eigenvalue weighted by atomic mass is 9.84. The molecule has 1 aliphatic carbocycles. The normalized spacial score (nSPS) is 25.1. The molecule has 0 saturated heterocycles. The Morgan fingerprint density at radius 2 is 2.00 bits per heavy atom. The first kappa shape index (κ1) is 14.8. The molecule has 0 unspecified atom stereocenters. The molecule has 2 N–H and O–H groups in total. The molecule has 0 aliphatic heterocycles. The maximum Gasteiger partial charge on any atom is 0.407 e. The van der Waals surface area contributed by atoms with E-state index < -0.39 is 5.60 Å². The van der Waals surface area contributed by atoms with Crippen LogP contribution in [0.4, 0.5) is 4.79 Å². The summed E-state index contributed by atoms with van der Waals surface area (Å²) < 4.78 is 5.23. The van der Waals surface area contributed by atoms with E-state index in [1.807, 2.05) is 20.8 Å². The Balaban J connectivity index is 2.25. The van der Waals surface area contributed by atoms with E-state index in [1.165, 1.54) is 0 Å². The summed E-state index contributed by atoms with van der Waals surface area (Å²) in [6.45, 7) is 5.58. The van der Waals surface area contributed by atoms with E-state index in [0.29, 0.717) is 5.92 Å². The number of alkyl carbamates (subject to hydrolysis) is 1. The van der Waals surface area contributed by atoms with Gasteiger partial charge in [0, 0.05) is 12.3 Å². The van der Waals surface area contributed by atoms with Gasteiger partial charge in [0.05, 0.1) is 0 Å². The highest BCUT2D eigenvalue weighted by Crippen LogP contribution is 2.26. The third-order valence-electron chi connectivity index (χ3n) is 3.09. The van der Waals surface area contributed by atoms with Crippen LogP contribution >= 0.6 is 0 Å². The standard InChI is InChI=1S/C13H24N2O3/c1-13(2,3)18-12(16)15-11-6-4-10(5-7-11)8-9-14-17/h9-11,17H,4-8H2,1-3H3,(H,15,16). The number of amides is 1. The summed E-state index contributed by atoms with van der Waals surface area (Å²) in [5.74, 6) is 0.567. The molecule has 1 rings (SSSR count). The van der Waals surface area contributed by atoms with Gasteiger partial charge in [-0.2, -0.15) is 0 Å². The fourth-order valence-electron chi connectivity index (χ4n) is 2.21. The number of ether oxygens (including phenoxy) is 1. The van der Waals surface area contributed by atoms with Crippen molar-refractivity contribution in [1.82, 2.24) is 5.32 Å². The average molecular weight is 256 g/mol. The van der Waals surface area contributed by atoms with Gasteiger partial charge in [-0.25, -0.2) is 4.79 Å². The molecule has 1 amide bonds. The topological polar surface area (TPSA) is 70.9 Å². The van der Waals surface area contributed by atoms with E-state index >= 15 is 0 Å². The van der Waals surface area contributed by atoms with Gasteiger partial charge in [-0.3, -0.25) is 0 Å². The molecule has 0 spiro atoms. The van der Waals surface area contributed by atoms with Crippen molar-refractivity contribution in [2.45, 2.75) is 64.5 Å². The van der Waals surface area contributed by atoms with Crippen LogP contribution in [0, 0.1) is 5.92 Å². The number of rotatable bonds is 3. The van der Waals surface area contributed by atoms with Crippen molar-refractivity contribution in [3.8, 4) is 0 Å². The van der Waals surface area contributed by atoms with Crippen molar-refractivity contribution >= 4 is 12.3 Å². The highest BCUT2D eigenvalue weighted by atomic mass is 16.6. The largest absolute Gasteiger partial charge is 0.444 e. The molecule has 0 radical (unpaired) electrons. The fraction of sp³-hybridized carbons (Fsp3) is 0.846. The second-order valence-corrected chi connectivity index (χ2v) is 5.90. The van der Waals surface area contributed by atoms with Gasteiger partial charge in [-0.1, -0.05) is 0 Å². The van der Waals surface area contributed by atoms with Crippen LogP contribution in [0.25, 0.3) is 0 Å². The minimum absolute atomic E-state index is 0.210. The third kappa shape index (κ3) is 5.89. The molecule has 18 heavy (non-hydrogen) atoms. The molecule has 0 aromatic heterocycles. The summed E-state index contributed by atoms with van der Waals surface area (Å²) in [4.78, 5) is 11.6. The van der Waals surface area contributed by atoms with Crippen LogP contribution in [0.15, 0.2) is 5.16 Å². The van der Waals surface area contributed by atoms with Crippen LogP contribution in [0.1, 0.15) is 52.9 Å². The number of nitrogens with zero attached hydrogens (tertiary/aromatic N) is 1. The highest BCUT2D eigenvalue weighted by molar-refractivity contribution is 5.68. The van der Waals surface area contributed by atoms with Crippen LogP contribution in [0.3, 0.4) is 0 Å². The molecule has 0 atom stereocenters. The van der Waals surface area contributed by atoms with Crippen molar-refractivity contribution in [1.29, 1.82) is 0 Å². The molecular formula is C13H24N2O3. The quantitative estimate of drug-likeness (QED) is 0.463. The van der Waals surface area contributed by atoms with Gasteiger partial charge in [0.2, 0.25) is 0 Å². The molecular weight excluding hydrogens is 232 g/mol. The summed E-state index contributed by atoms with van der Waals surface area (Å²) in [6, 6.07) is 0.210. The second kappa shape index (κ2) is 6.61. The Morgan fingerprint density at radius 3 is 2.50 bits per heavy atom. The number of oxime groups is 1. The summed E-state index contributed by atoms with van der Waals surface area (Å²) in [5, 5.41) is 14.3. The summed E-state index contributed by atoms with van der Waals surface area (Å²) in [7, 11) is 0. The Morgan fingerprint density at radius 1 is 1.39 bits per heavy atom. The van der Waals surface area contributed by atoms with Crippen molar-refractivity contribution < 1.29 is 14.7 Å². The lowest BCUT2D eigenvalue weighted by molar-refractivity contribution is 0.0488. The maximum absolute atomic E-state index is 11.6. The summed E-state index contributed by atoms with van der Waals surface area (Å²) in [6.07, 6.45) is 6.05. The predicted octanol–water partition coefficient (Wildman–Crippen LogP) is 2.92. The van der Waals surface area contributed by atoms with E-state index in [0.717, 1.165) is 32.1 Å². The van der Waals surface area contributed by atoms with E-state index in [9.17, 15) is 4.79 Å². The zero-order valence-electron chi connectivity index (χ0n) is 11.5. The van der Waals surface area contributed by atoms with Crippen molar-refractivity contribution in [3.05, 3.63) is 0 Å². The third-order valence-corrected chi connectivity index (χ3v) is 3.09. The molecule has 0 aromatic carbocycles.